The van der Waals surface area contributed by atoms with Crippen molar-refractivity contribution in [2.75, 3.05) is 24.6 Å². The summed E-state index contributed by atoms with van der Waals surface area (Å²) in [5, 5.41) is 11.3. The zero-order chi connectivity index (χ0) is 22.3. The van der Waals surface area contributed by atoms with E-state index in [0.29, 0.717) is 6.42 Å². The maximum absolute atomic E-state index is 11.3. The average Bonchev–Trinajstić information content (AvgIpc) is 2.74. The molecule has 0 saturated heterocycles. The van der Waals surface area contributed by atoms with Gasteiger partial charge in [0.25, 0.3) is 0 Å². The van der Waals surface area contributed by atoms with Gasteiger partial charge in [-0.15, -0.1) is 0 Å². The van der Waals surface area contributed by atoms with Crippen LogP contribution in [0.2, 0.25) is 0 Å². The molecule has 1 radical (unpaired) electrons. The molecule has 0 spiro atoms. The average molecular weight is 444 g/mol. The van der Waals surface area contributed by atoms with E-state index >= 15 is 0 Å². The van der Waals surface area contributed by atoms with Crippen LogP contribution in [0.5, 0.6) is 0 Å². The Morgan fingerprint density at radius 1 is 0.467 bits per heavy atom. The van der Waals surface area contributed by atoms with E-state index in [9.17, 15) is 9.90 Å². The maximum atomic E-state index is 11.3. The molecule has 0 aromatic carbocycles. The standard InChI is InChI=1S/C27H56O2P/c1-4-7-10-13-16-19-23-30(26-22-27(28)29,24-20-17-14-11-8-5-2)25-21-18-15-12-9-6-3/h30H,4-26H2,1-3H3. The molecule has 0 N–H and O–H groups in total. The molecule has 0 atom stereocenters. The second kappa shape index (κ2) is 22.1. The van der Waals surface area contributed by atoms with E-state index in [1.165, 1.54) is 134 Å². The van der Waals surface area contributed by atoms with Crippen molar-refractivity contribution in [2.24, 2.45) is 0 Å². The Morgan fingerprint density at radius 2 is 0.767 bits per heavy atom. The van der Waals surface area contributed by atoms with E-state index in [0.717, 1.165) is 6.16 Å². The Bertz CT molecular complexity index is 329. The molecule has 3 heteroatoms. The van der Waals surface area contributed by atoms with Crippen LogP contribution in [-0.2, 0) is 9.90 Å². The predicted octanol–water partition coefficient (Wildman–Crippen LogP) is 9.17. The van der Waals surface area contributed by atoms with E-state index in [4.69, 9.17) is 0 Å². The van der Waals surface area contributed by atoms with E-state index in [1.54, 1.807) is 0 Å². The fourth-order valence-corrected chi connectivity index (χ4v) is 10.2. The second-order valence-corrected chi connectivity index (χ2v) is 14.9. The van der Waals surface area contributed by atoms with Crippen molar-refractivity contribution >= 4 is 13.2 Å². The van der Waals surface area contributed by atoms with Gasteiger partial charge < -0.3 is 0 Å². The summed E-state index contributed by atoms with van der Waals surface area (Å²) >= 11 is 0. The number of rotatable bonds is 24. The van der Waals surface area contributed by atoms with Crippen LogP contribution in [0.1, 0.15) is 143 Å². The monoisotopic (exact) mass is 443 g/mol. The van der Waals surface area contributed by atoms with Crippen LogP contribution < -0.4 is 0 Å². The van der Waals surface area contributed by atoms with Gasteiger partial charge >= 0.3 is 191 Å². The molecule has 0 unspecified atom stereocenters. The molecular weight excluding hydrogens is 387 g/mol. The van der Waals surface area contributed by atoms with Gasteiger partial charge in [0.15, 0.2) is 0 Å². The summed E-state index contributed by atoms with van der Waals surface area (Å²) in [5.74, 6) is -0.819. The molecule has 0 bridgehead atoms. The van der Waals surface area contributed by atoms with E-state index in [1.807, 2.05) is 0 Å². The zero-order valence-electron chi connectivity index (χ0n) is 21.1. The molecule has 0 aliphatic carbocycles. The van der Waals surface area contributed by atoms with E-state index in [2.05, 4.69) is 20.8 Å². The molecule has 0 saturated carbocycles. The van der Waals surface area contributed by atoms with Crippen molar-refractivity contribution in [3.05, 3.63) is 0 Å². The SMILES string of the molecule is CCCCCCCC[PH](CCCCCCCC)(CCCCCCCC)CCC([O])=O. The summed E-state index contributed by atoms with van der Waals surface area (Å²) in [6.07, 6.45) is 29.7. The topological polar surface area (TPSA) is 37.0 Å². The Balaban J connectivity index is 4.68. The minimum atomic E-state index is -1.48. The number of hydrogen-bond donors (Lipinski definition) is 0. The Morgan fingerprint density at radius 3 is 1.07 bits per heavy atom. The van der Waals surface area contributed by atoms with Crippen LogP contribution in [0, 0.1) is 0 Å². The normalized spacial score (nSPS) is 12.4. The number of carbonyl (C=O) groups excluding carboxylic acids is 1. The van der Waals surface area contributed by atoms with Gasteiger partial charge in [-0.25, -0.2) is 0 Å². The van der Waals surface area contributed by atoms with Gasteiger partial charge in [-0.2, -0.15) is 0 Å². The predicted molar refractivity (Wildman–Crippen MR) is 138 cm³/mol. The summed E-state index contributed by atoms with van der Waals surface area (Å²) in [5.41, 5.74) is 0. The molecule has 0 aliphatic rings. The minimum absolute atomic E-state index is 0.313. The Hall–Kier alpha value is -0.100. The first-order valence-electron chi connectivity index (χ1n) is 13.8. The fraction of sp³-hybridized carbons (Fsp3) is 0.963. The summed E-state index contributed by atoms with van der Waals surface area (Å²) in [6.45, 7) is 6.83. The van der Waals surface area contributed by atoms with E-state index < -0.39 is 13.2 Å². The first-order valence-corrected chi connectivity index (χ1v) is 16.6. The quantitative estimate of drug-likeness (QED) is 0.108. The molecule has 0 aliphatic heterocycles. The van der Waals surface area contributed by atoms with Crippen LogP contribution in [0.15, 0.2) is 0 Å². The van der Waals surface area contributed by atoms with Crippen LogP contribution in [0.3, 0.4) is 0 Å². The molecule has 0 heterocycles. The van der Waals surface area contributed by atoms with Crippen molar-refractivity contribution in [1.82, 2.24) is 0 Å². The molecule has 2 nitrogen and oxygen atoms in total. The van der Waals surface area contributed by atoms with Crippen molar-refractivity contribution in [3.63, 3.8) is 0 Å². The zero-order valence-corrected chi connectivity index (χ0v) is 22.1. The summed E-state index contributed by atoms with van der Waals surface area (Å²) in [6, 6.07) is 0. The van der Waals surface area contributed by atoms with Gasteiger partial charge in [-0.05, 0) is 0 Å². The van der Waals surface area contributed by atoms with Crippen LogP contribution in [0.25, 0.3) is 0 Å². The van der Waals surface area contributed by atoms with Gasteiger partial charge in [0.2, 0.25) is 0 Å². The van der Waals surface area contributed by atoms with Gasteiger partial charge in [-0.1, -0.05) is 0 Å². The van der Waals surface area contributed by atoms with Gasteiger partial charge in [0.05, 0.1) is 0 Å². The number of carbonyl (C=O) groups is 1. The second-order valence-electron chi connectivity index (χ2n) is 9.93. The fourth-order valence-electron chi connectivity index (χ4n) is 4.96. The summed E-state index contributed by atoms with van der Waals surface area (Å²) in [4.78, 5) is 11.3. The summed E-state index contributed by atoms with van der Waals surface area (Å²) in [7, 11) is -1.48. The number of hydrogen-bond acceptors (Lipinski definition) is 1. The molecule has 0 aromatic rings. The van der Waals surface area contributed by atoms with Crippen molar-refractivity contribution in [1.29, 1.82) is 0 Å². The molecule has 30 heavy (non-hydrogen) atoms. The van der Waals surface area contributed by atoms with Gasteiger partial charge in [0, 0.05) is 0 Å². The third-order valence-corrected chi connectivity index (χ3v) is 12.6. The molecule has 181 valence electrons. The van der Waals surface area contributed by atoms with Crippen molar-refractivity contribution in [2.45, 2.75) is 143 Å². The van der Waals surface area contributed by atoms with Crippen LogP contribution >= 0.6 is 7.26 Å². The molecule has 0 aromatic heterocycles. The first kappa shape index (κ1) is 29.9. The summed E-state index contributed by atoms with van der Waals surface area (Å²) < 4.78 is 0. The molecular formula is C27H56O2P. The Kier molecular flexibility index (Phi) is 22.0. The van der Waals surface area contributed by atoms with Gasteiger partial charge in [-0.3, -0.25) is 0 Å². The van der Waals surface area contributed by atoms with Gasteiger partial charge in [0.1, 0.15) is 0 Å². The van der Waals surface area contributed by atoms with E-state index in [-0.39, 0.29) is 0 Å². The number of unbranched alkanes of at least 4 members (excludes halogenated alkanes) is 15. The third kappa shape index (κ3) is 18.7. The molecule has 0 amide bonds. The van der Waals surface area contributed by atoms with Crippen LogP contribution in [0.4, 0.5) is 0 Å². The van der Waals surface area contributed by atoms with Crippen molar-refractivity contribution in [3.8, 4) is 0 Å². The van der Waals surface area contributed by atoms with Crippen molar-refractivity contribution < 1.29 is 9.90 Å². The van der Waals surface area contributed by atoms with Crippen LogP contribution in [-0.4, -0.2) is 30.6 Å². The molecule has 0 rings (SSSR count). The molecule has 0 fully saturated rings. The first-order chi connectivity index (χ1) is 14.6. The third-order valence-electron chi connectivity index (χ3n) is 7.04. The Labute approximate surface area is 190 Å².